The van der Waals surface area contributed by atoms with E-state index in [1.54, 1.807) is 12.1 Å². The smallest absolute Gasteiger partial charge is 0.307 e. The number of hydrogen-bond donors (Lipinski definition) is 1. The average Bonchev–Trinajstić information content (AvgIpc) is 2.20. The Morgan fingerprint density at radius 2 is 2.27 bits per heavy atom. The topological polar surface area (TPSA) is 61.1 Å². The number of halogens is 2. The summed E-state index contributed by atoms with van der Waals surface area (Å²) >= 11 is 8.87. The van der Waals surface area contributed by atoms with Crippen LogP contribution in [0.1, 0.15) is 16.7 Å². The number of carboxylic acids is 1. The van der Waals surface area contributed by atoms with Crippen LogP contribution in [-0.2, 0) is 17.1 Å². The second-order valence-electron chi connectivity index (χ2n) is 2.92. The lowest BCUT2D eigenvalue weighted by atomic mass is 10.0. The number of carbonyl (C=O) groups is 1. The first-order valence-corrected chi connectivity index (χ1v) is 5.40. The van der Waals surface area contributed by atoms with E-state index in [2.05, 4.69) is 15.9 Å². The van der Waals surface area contributed by atoms with Crippen LogP contribution in [0.15, 0.2) is 16.6 Å². The Morgan fingerprint density at radius 1 is 1.60 bits per heavy atom. The number of rotatable bonds is 3. The van der Waals surface area contributed by atoms with Crippen LogP contribution in [0, 0.1) is 11.3 Å². The van der Waals surface area contributed by atoms with Gasteiger partial charge in [0, 0.05) is 10.4 Å². The summed E-state index contributed by atoms with van der Waals surface area (Å²) in [7, 11) is 0. The lowest BCUT2D eigenvalue weighted by Gasteiger charge is -2.06. The van der Waals surface area contributed by atoms with Crippen LogP contribution in [0.4, 0.5) is 0 Å². The second kappa shape index (κ2) is 5.15. The van der Waals surface area contributed by atoms with Crippen molar-refractivity contribution in [1.82, 2.24) is 0 Å². The van der Waals surface area contributed by atoms with Gasteiger partial charge in [-0.25, -0.2) is 0 Å². The summed E-state index contributed by atoms with van der Waals surface area (Å²) in [5.74, 6) is -0.675. The van der Waals surface area contributed by atoms with E-state index in [0.29, 0.717) is 21.5 Å². The number of carboxylic acid groups (broad SMARTS) is 1. The summed E-state index contributed by atoms with van der Waals surface area (Å²) in [4.78, 5) is 10.6. The maximum Gasteiger partial charge on any atom is 0.307 e. The molecule has 0 aliphatic heterocycles. The zero-order valence-corrected chi connectivity index (χ0v) is 9.97. The molecule has 0 saturated heterocycles. The fourth-order valence-corrected chi connectivity index (χ4v) is 2.00. The molecule has 0 fully saturated rings. The fraction of sp³-hybridized carbons (Fsp3) is 0.200. The highest BCUT2D eigenvalue weighted by Gasteiger charge is 2.12. The molecule has 0 aromatic heterocycles. The maximum absolute atomic E-state index is 10.6. The van der Waals surface area contributed by atoms with E-state index in [9.17, 15) is 4.79 Å². The molecule has 3 nitrogen and oxygen atoms in total. The van der Waals surface area contributed by atoms with Gasteiger partial charge in [-0.3, -0.25) is 4.79 Å². The largest absolute Gasteiger partial charge is 0.481 e. The third-order valence-corrected chi connectivity index (χ3v) is 2.87. The van der Waals surface area contributed by atoms with E-state index in [1.165, 1.54) is 0 Å². The number of nitrogens with zero attached hydrogens (tertiary/aromatic N) is 1. The van der Waals surface area contributed by atoms with Crippen LogP contribution in [0.25, 0.3) is 0 Å². The van der Waals surface area contributed by atoms with Gasteiger partial charge in [0.05, 0.1) is 18.1 Å². The minimum absolute atomic E-state index is 0.175. The molecule has 5 heteroatoms. The van der Waals surface area contributed by atoms with E-state index < -0.39 is 5.97 Å². The van der Waals surface area contributed by atoms with Gasteiger partial charge in [-0.15, -0.1) is 11.6 Å². The van der Waals surface area contributed by atoms with Crippen molar-refractivity contribution in [1.29, 1.82) is 5.26 Å². The Bertz CT molecular complexity index is 440. The molecule has 1 rings (SSSR count). The molecule has 15 heavy (non-hydrogen) atoms. The average molecular weight is 289 g/mol. The van der Waals surface area contributed by atoms with Crippen LogP contribution in [0.5, 0.6) is 0 Å². The van der Waals surface area contributed by atoms with Gasteiger partial charge in [-0.05, 0) is 23.3 Å². The van der Waals surface area contributed by atoms with Crippen molar-refractivity contribution in [3.8, 4) is 6.07 Å². The zero-order chi connectivity index (χ0) is 11.4. The molecule has 1 aromatic carbocycles. The minimum Gasteiger partial charge on any atom is -0.481 e. The monoisotopic (exact) mass is 287 g/mol. The van der Waals surface area contributed by atoms with E-state index in [4.69, 9.17) is 22.0 Å². The van der Waals surface area contributed by atoms with Gasteiger partial charge in [-0.1, -0.05) is 15.9 Å². The highest BCUT2D eigenvalue weighted by atomic mass is 79.9. The van der Waals surface area contributed by atoms with Gasteiger partial charge in [0.15, 0.2) is 0 Å². The van der Waals surface area contributed by atoms with E-state index in [-0.39, 0.29) is 6.42 Å². The highest BCUT2D eigenvalue weighted by Crippen LogP contribution is 2.24. The summed E-state index contributed by atoms with van der Waals surface area (Å²) in [6.07, 6.45) is -0.175. The predicted molar refractivity (Wildman–Crippen MR) is 59.8 cm³/mol. The van der Waals surface area contributed by atoms with E-state index in [1.807, 2.05) is 6.07 Å². The van der Waals surface area contributed by atoms with Crippen molar-refractivity contribution >= 4 is 33.5 Å². The third kappa shape index (κ3) is 2.95. The molecule has 1 aromatic rings. The summed E-state index contributed by atoms with van der Waals surface area (Å²) in [5, 5.41) is 17.6. The van der Waals surface area contributed by atoms with Crippen molar-refractivity contribution in [3.05, 3.63) is 33.3 Å². The molecule has 0 bridgehead atoms. The van der Waals surface area contributed by atoms with Gasteiger partial charge in [-0.2, -0.15) is 5.26 Å². The SMILES string of the molecule is N#Cc1cc(CCl)cc(Br)c1CC(=O)O. The van der Waals surface area contributed by atoms with Crippen molar-refractivity contribution in [3.63, 3.8) is 0 Å². The molecule has 0 atom stereocenters. The second-order valence-corrected chi connectivity index (χ2v) is 4.04. The Morgan fingerprint density at radius 3 is 2.73 bits per heavy atom. The normalized spacial score (nSPS) is 9.67. The molecule has 0 heterocycles. The minimum atomic E-state index is -0.967. The molecule has 0 spiro atoms. The fourth-order valence-electron chi connectivity index (χ4n) is 1.20. The van der Waals surface area contributed by atoms with Crippen LogP contribution in [0.3, 0.4) is 0 Å². The number of benzene rings is 1. The first-order valence-electron chi connectivity index (χ1n) is 4.07. The first kappa shape index (κ1) is 12.0. The van der Waals surface area contributed by atoms with Gasteiger partial charge >= 0.3 is 5.97 Å². The molecule has 0 aliphatic rings. The van der Waals surface area contributed by atoms with Crippen LogP contribution < -0.4 is 0 Å². The molecular formula is C10H7BrClNO2. The number of nitriles is 1. The summed E-state index contributed by atoms with van der Waals surface area (Å²) in [5.41, 5.74) is 1.62. The molecule has 78 valence electrons. The van der Waals surface area contributed by atoms with Crippen LogP contribution >= 0.6 is 27.5 Å². The molecule has 1 N–H and O–H groups in total. The molecule has 0 saturated carbocycles. The highest BCUT2D eigenvalue weighted by molar-refractivity contribution is 9.10. The maximum atomic E-state index is 10.6. The molecule has 0 radical (unpaired) electrons. The van der Waals surface area contributed by atoms with Crippen molar-refractivity contribution in [2.45, 2.75) is 12.3 Å². The van der Waals surface area contributed by atoms with Crippen LogP contribution in [-0.4, -0.2) is 11.1 Å². The number of aliphatic carboxylic acids is 1. The Labute approximate surface area is 100 Å². The van der Waals surface area contributed by atoms with Crippen LogP contribution in [0.2, 0.25) is 0 Å². The Balaban J connectivity index is 3.26. The van der Waals surface area contributed by atoms with Gasteiger partial charge in [0.25, 0.3) is 0 Å². The van der Waals surface area contributed by atoms with E-state index >= 15 is 0 Å². The standard InChI is InChI=1S/C10H7BrClNO2/c11-9-2-6(4-12)1-7(5-13)8(9)3-10(14)15/h1-2H,3-4H2,(H,14,15). The Hall–Kier alpha value is -1.05. The van der Waals surface area contributed by atoms with Gasteiger partial charge in [0.2, 0.25) is 0 Å². The molecule has 0 aliphatic carbocycles. The molecule has 0 unspecified atom stereocenters. The molecule has 0 amide bonds. The van der Waals surface area contributed by atoms with Gasteiger partial charge in [0.1, 0.15) is 0 Å². The van der Waals surface area contributed by atoms with Crippen molar-refractivity contribution < 1.29 is 9.90 Å². The Kier molecular flexibility index (Phi) is 4.13. The van der Waals surface area contributed by atoms with Crippen molar-refractivity contribution in [2.75, 3.05) is 0 Å². The summed E-state index contributed by atoms with van der Waals surface area (Å²) in [6.45, 7) is 0. The zero-order valence-electron chi connectivity index (χ0n) is 7.63. The summed E-state index contributed by atoms with van der Waals surface area (Å²) < 4.78 is 0.611. The number of hydrogen-bond acceptors (Lipinski definition) is 2. The quantitative estimate of drug-likeness (QED) is 0.870. The predicted octanol–water partition coefficient (Wildman–Crippen LogP) is 2.69. The van der Waals surface area contributed by atoms with Crippen molar-refractivity contribution in [2.24, 2.45) is 0 Å². The van der Waals surface area contributed by atoms with Gasteiger partial charge < -0.3 is 5.11 Å². The first-order chi connectivity index (χ1) is 7.08. The third-order valence-electron chi connectivity index (χ3n) is 1.86. The molecular weight excluding hydrogens is 281 g/mol. The lowest BCUT2D eigenvalue weighted by molar-refractivity contribution is -0.136. The van der Waals surface area contributed by atoms with E-state index in [0.717, 1.165) is 5.56 Å². The summed E-state index contributed by atoms with van der Waals surface area (Å²) in [6, 6.07) is 5.30. The lowest BCUT2D eigenvalue weighted by Crippen LogP contribution is -2.04. The number of alkyl halides is 1.